The molecule has 1 amide bonds. The molecule has 74 valence electrons. The number of Topliss-reactive ketones (excluding diaryl/α,β-unsaturated/α-hetero) is 1. The molecule has 0 unspecified atom stereocenters. The Morgan fingerprint density at radius 3 is 2.71 bits per heavy atom. The van der Waals surface area contributed by atoms with E-state index in [2.05, 4.69) is 0 Å². The molecule has 0 aliphatic carbocycles. The van der Waals surface area contributed by atoms with Gasteiger partial charge in [-0.2, -0.15) is 5.26 Å². The minimum absolute atomic E-state index is 0.0125. The van der Waals surface area contributed by atoms with E-state index in [0.717, 1.165) is 4.90 Å². The van der Waals surface area contributed by atoms with Gasteiger partial charge in [0.15, 0.2) is 0 Å². The number of amides is 1. The Bertz CT molecular complexity index is 331. The van der Waals surface area contributed by atoms with E-state index in [9.17, 15) is 19.5 Å². The number of nitriles is 1. The third kappa shape index (κ3) is 1.88. The zero-order valence-electron chi connectivity index (χ0n) is 7.23. The van der Waals surface area contributed by atoms with Crippen LogP contribution in [0.1, 0.15) is 6.42 Å². The van der Waals surface area contributed by atoms with E-state index < -0.39 is 23.6 Å². The van der Waals surface area contributed by atoms with Crippen LogP contribution in [0, 0.1) is 17.2 Å². The van der Waals surface area contributed by atoms with Crippen molar-refractivity contribution in [3.05, 3.63) is 0 Å². The highest BCUT2D eigenvalue weighted by Gasteiger charge is 2.38. The minimum Gasteiger partial charge on any atom is -0.550 e. The standard InChI is InChI=1S/C8H8N2O4/c9-3-5-4-10(2-1-6(11)12)8(14)7(5)13/h5H,1-2,4H2,(H,11,12)/p-1/t5-/m0/s1. The van der Waals surface area contributed by atoms with Crippen molar-refractivity contribution in [1.29, 1.82) is 5.26 Å². The van der Waals surface area contributed by atoms with Gasteiger partial charge < -0.3 is 14.8 Å². The van der Waals surface area contributed by atoms with Crippen LogP contribution in [0.25, 0.3) is 0 Å². The Hall–Kier alpha value is -1.90. The first-order chi connectivity index (χ1) is 6.56. The van der Waals surface area contributed by atoms with Gasteiger partial charge in [-0.1, -0.05) is 0 Å². The van der Waals surface area contributed by atoms with Gasteiger partial charge >= 0.3 is 0 Å². The van der Waals surface area contributed by atoms with E-state index in [-0.39, 0.29) is 19.5 Å². The van der Waals surface area contributed by atoms with Crippen molar-refractivity contribution in [1.82, 2.24) is 4.90 Å². The number of hydrogen-bond acceptors (Lipinski definition) is 5. The molecule has 0 aromatic carbocycles. The third-order valence-corrected chi connectivity index (χ3v) is 1.96. The zero-order chi connectivity index (χ0) is 10.7. The molecule has 6 nitrogen and oxygen atoms in total. The number of rotatable bonds is 3. The number of likely N-dealkylation sites (tertiary alicyclic amines) is 1. The summed E-state index contributed by atoms with van der Waals surface area (Å²) in [6, 6.07) is 1.69. The van der Waals surface area contributed by atoms with E-state index in [1.54, 1.807) is 6.07 Å². The van der Waals surface area contributed by atoms with Crippen LogP contribution in [0.3, 0.4) is 0 Å². The van der Waals surface area contributed by atoms with Crippen LogP contribution >= 0.6 is 0 Å². The normalized spacial score (nSPS) is 21.1. The van der Waals surface area contributed by atoms with Gasteiger partial charge in [0.25, 0.3) is 5.91 Å². The molecule has 0 N–H and O–H groups in total. The highest BCUT2D eigenvalue weighted by Crippen LogP contribution is 2.13. The molecule has 1 saturated heterocycles. The van der Waals surface area contributed by atoms with E-state index in [1.165, 1.54) is 0 Å². The number of carbonyl (C=O) groups is 3. The van der Waals surface area contributed by atoms with Gasteiger partial charge in [-0.25, -0.2) is 0 Å². The van der Waals surface area contributed by atoms with Gasteiger partial charge in [-0.05, 0) is 0 Å². The summed E-state index contributed by atoms with van der Waals surface area (Å²) in [5.74, 6) is -3.78. The smallest absolute Gasteiger partial charge is 0.291 e. The number of hydrogen-bond donors (Lipinski definition) is 0. The third-order valence-electron chi connectivity index (χ3n) is 1.96. The lowest BCUT2D eigenvalue weighted by Crippen LogP contribution is -2.33. The number of ketones is 1. The van der Waals surface area contributed by atoms with Crippen LogP contribution in [0.4, 0.5) is 0 Å². The van der Waals surface area contributed by atoms with Crippen LogP contribution in [0.15, 0.2) is 0 Å². The molecule has 0 bridgehead atoms. The molecule has 1 aliphatic heterocycles. The van der Waals surface area contributed by atoms with Gasteiger partial charge in [0, 0.05) is 25.5 Å². The van der Waals surface area contributed by atoms with Crippen molar-refractivity contribution in [3.63, 3.8) is 0 Å². The molecule has 1 aliphatic rings. The quantitative estimate of drug-likeness (QED) is 0.470. The van der Waals surface area contributed by atoms with Gasteiger partial charge in [-0.15, -0.1) is 0 Å². The maximum atomic E-state index is 11.1. The second-order valence-electron chi connectivity index (χ2n) is 2.92. The van der Waals surface area contributed by atoms with E-state index in [1.807, 2.05) is 0 Å². The fourth-order valence-corrected chi connectivity index (χ4v) is 1.21. The summed E-state index contributed by atoms with van der Waals surface area (Å²) in [5.41, 5.74) is 0. The summed E-state index contributed by atoms with van der Waals surface area (Å²) in [4.78, 5) is 33.3. The molecule has 0 aromatic heterocycles. The predicted molar refractivity (Wildman–Crippen MR) is 40.3 cm³/mol. The van der Waals surface area contributed by atoms with Crippen molar-refractivity contribution in [2.45, 2.75) is 6.42 Å². The summed E-state index contributed by atoms with van der Waals surface area (Å²) in [6.07, 6.45) is -0.322. The first-order valence-electron chi connectivity index (χ1n) is 3.99. The van der Waals surface area contributed by atoms with Crippen molar-refractivity contribution >= 4 is 17.7 Å². The molecule has 1 atom stereocenters. The molecule has 14 heavy (non-hydrogen) atoms. The second kappa shape index (κ2) is 3.87. The predicted octanol–water partition coefficient (Wildman–Crippen LogP) is -2.32. The van der Waals surface area contributed by atoms with E-state index >= 15 is 0 Å². The summed E-state index contributed by atoms with van der Waals surface area (Å²) < 4.78 is 0. The Kier molecular flexibility index (Phi) is 2.82. The number of carbonyl (C=O) groups excluding carboxylic acids is 3. The SMILES string of the molecule is N#C[C@H]1CN(CCC(=O)[O-])C(=O)C1=O. The van der Waals surface area contributed by atoms with Gasteiger partial charge in [0.05, 0.1) is 6.07 Å². The molecule has 0 saturated carbocycles. The molecular formula is C8H7N2O4-. The van der Waals surface area contributed by atoms with Crippen LogP contribution in [-0.2, 0) is 14.4 Å². The largest absolute Gasteiger partial charge is 0.550 e. The van der Waals surface area contributed by atoms with Crippen molar-refractivity contribution < 1.29 is 19.5 Å². The maximum Gasteiger partial charge on any atom is 0.291 e. The number of aliphatic carboxylic acids is 1. The maximum absolute atomic E-state index is 11.1. The first-order valence-corrected chi connectivity index (χ1v) is 3.99. The zero-order valence-corrected chi connectivity index (χ0v) is 7.23. The number of carboxylic acid groups (broad SMARTS) is 1. The van der Waals surface area contributed by atoms with Crippen LogP contribution in [-0.4, -0.2) is 35.6 Å². The summed E-state index contributed by atoms with van der Waals surface area (Å²) in [7, 11) is 0. The van der Waals surface area contributed by atoms with Crippen molar-refractivity contribution in [2.24, 2.45) is 5.92 Å². The Morgan fingerprint density at radius 2 is 2.29 bits per heavy atom. The van der Waals surface area contributed by atoms with Gasteiger partial charge in [0.2, 0.25) is 5.78 Å². The topological polar surface area (TPSA) is 101 Å². The molecule has 1 heterocycles. The average Bonchev–Trinajstić information content (AvgIpc) is 2.41. The fourth-order valence-electron chi connectivity index (χ4n) is 1.21. The lowest BCUT2D eigenvalue weighted by atomic mass is 10.1. The summed E-state index contributed by atoms with van der Waals surface area (Å²) in [6.45, 7) is -0.0907. The minimum atomic E-state index is -1.29. The van der Waals surface area contributed by atoms with Crippen LogP contribution in [0.5, 0.6) is 0 Å². The van der Waals surface area contributed by atoms with Crippen molar-refractivity contribution in [3.8, 4) is 6.07 Å². The lowest BCUT2D eigenvalue weighted by molar-refractivity contribution is -0.305. The molecule has 0 aromatic rings. The van der Waals surface area contributed by atoms with Crippen molar-refractivity contribution in [2.75, 3.05) is 13.1 Å². The summed E-state index contributed by atoms with van der Waals surface area (Å²) >= 11 is 0. The van der Waals surface area contributed by atoms with Crippen LogP contribution in [0.2, 0.25) is 0 Å². The molecule has 6 heteroatoms. The van der Waals surface area contributed by atoms with E-state index in [4.69, 9.17) is 5.26 Å². The molecular weight excluding hydrogens is 188 g/mol. The molecule has 1 rings (SSSR count). The van der Waals surface area contributed by atoms with Gasteiger partial charge in [-0.3, -0.25) is 9.59 Å². The second-order valence-corrected chi connectivity index (χ2v) is 2.92. The fraction of sp³-hybridized carbons (Fsp3) is 0.500. The Labute approximate surface area is 79.7 Å². The molecule has 0 spiro atoms. The summed E-state index contributed by atoms with van der Waals surface area (Å²) in [5, 5.41) is 18.6. The average molecular weight is 195 g/mol. The van der Waals surface area contributed by atoms with Gasteiger partial charge in [0.1, 0.15) is 5.92 Å². The molecule has 0 radical (unpaired) electrons. The van der Waals surface area contributed by atoms with Crippen LogP contribution < -0.4 is 5.11 Å². The van der Waals surface area contributed by atoms with E-state index in [0.29, 0.717) is 0 Å². The number of nitrogens with zero attached hydrogens (tertiary/aromatic N) is 2. The monoisotopic (exact) mass is 195 g/mol. The highest BCUT2D eigenvalue weighted by molar-refractivity contribution is 6.39. The first kappa shape index (κ1) is 10.2. The Morgan fingerprint density at radius 1 is 1.64 bits per heavy atom. The number of carboxylic acids is 1. The lowest BCUT2D eigenvalue weighted by Gasteiger charge is -2.14. The highest BCUT2D eigenvalue weighted by atomic mass is 16.4. The Balaban J connectivity index is 2.58. The molecule has 1 fully saturated rings.